The summed E-state index contributed by atoms with van der Waals surface area (Å²) in [4.78, 5) is 54.7. The lowest BCUT2D eigenvalue weighted by Gasteiger charge is -2.43. The van der Waals surface area contributed by atoms with Crippen molar-refractivity contribution < 1.29 is 14.3 Å². The smallest absolute Gasteiger partial charge is 0.257 e. The molecule has 3 aromatic carbocycles. The number of carbonyl (C=O) groups excluding carboxylic acids is 2. The molecular formula is C28H31N5O5. The number of hydrogen-bond acceptors (Lipinski definition) is 8. The molecule has 2 amide bonds. The molecule has 38 heavy (non-hydrogen) atoms. The van der Waals surface area contributed by atoms with E-state index in [1.807, 2.05) is 37.3 Å². The number of benzene rings is 2. The third-order valence-corrected chi connectivity index (χ3v) is 7.33. The molecule has 2 fully saturated rings. The molecule has 2 aliphatic rings. The van der Waals surface area contributed by atoms with Crippen molar-refractivity contribution in [2.24, 2.45) is 0 Å². The average molecular weight is 518 g/mol. The largest absolute Gasteiger partial charge is 0.494 e. The highest BCUT2D eigenvalue weighted by Crippen LogP contribution is 2.34. The first-order valence-corrected chi connectivity index (χ1v) is 12.8. The Hall–Kier alpha value is -4.18. The molecule has 3 aromatic rings. The van der Waals surface area contributed by atoms with Crippen LogP contribution in [0.3, 0.4) is 0 Å². The van der Waals surface area contributed by atoms with Crippen LogP contribution in [-0.2, 0) is 4.79 Å². The Bertz CT molecular complexity index is 1420. The maximum atomic E-state index is 13.5. The predicted octanol–water partition coefficient (Wildman–Crippen LogP) is 1.85. The van der Waals surface area contributed by atoms with Crippen LogP contribution in [0.15, 0.2) is 58.1 Å². The maximum Gasteiger partial charge on any atom is 0.257 e. The number of ether oxygens (including phenoxy) is 1. The first kappa shape index (κ1) is 25.5. The zero-order chi connectivity index (χ0) is 26.8. The van der Waals surface area contributed by atoms with E-state index in [1.165, 1.54) is 7.11 Å². The van der Waals surface area contributed by atoms with E-state index in [0.29, 0.717) is 37.3 Å². The van der Waals surface area contributed by atoms with Gasteiger partial charge in [0.15, 0.2) is 5.75 Å². The molecule has 0 radical (unpaired) electrons. The first-order chi connectivity index (χ1) is 18.4. The lowest BCUT2D eigenvalue weighted by molar-refractivity contribution is -0.131. The minimum atomic E-state index is -0.631. The molecule has 3 N–H and O–H groups in total. The number of amides is 2. The van der Waals surface area contributed by atoms with Crippen molar-refractivity contribution in [3.05, 3.63) is 80.1 Å². The van der Waals surface area contributed by atoms with Crippen molar-refractivity contribution in [2.45, 2.75) is 25.4 Å². The highest BCUT2D eigenvalue weighted by Gasteiger charge is 2.37. The number of piperazine rings is 2. The fraction of sp³-hybridized carbons (Fsp3) is 0.357. The molecule has 0 aromatic heterocycles. The van der Waals surface area contributed by atoms with Crippen LogP contribution in [0, 0.1) is 0 Å². The van der Waals surface area contributed by atoms with Crippen LogP contribution in [0.2, 0.25) is 0 Å². The first-order valence-electron chi connectivity index (χ1n) is 12.8. The second kappa shape index (κ2) is 10.7. The number of para-hydroxylation sites is 1. The third kappa shape index (κ3) is 4.63. The second-order valence-electron chi connectivity index (χ2n) is 9.53. The van der Waals surface area contributed by atoms with Crippen LogP contribution in [0.1, 0.15) is 35.3 Å². The molecule has 1 unspecified atom stereocenters. The molecule has 10 nitrogen and oxygen atoms in total. The minimum Gasteiger partial charge on any atom is -0.494 e. The fourth-order valence-electron chi connectivity index (χ4n) is 5.22. The monoisotopic (exact) mass is 517 g/mol. The molecule has 2 aliphatic heterocycles. The van der Waals surface area contributed by atoms with Gasteiger partial charge in [-0.3, -0.25) is 24.1 Å². The maximum absolute atomic E-state index is 13.5. The van der Waals surface area contributed by atoms with Gasteiger partial charge in [-0.15, -0.1) is 0 Å². The fourth-order valence-corrected chi connectivity index (χ4v) is 5.22. The van der Waals surface area contributed by atoms with E-state index in [-0.39, 0.29) is 47.6 Å². The van der Waals surface area contributed by atoms with Crippen LogP contribution in [0.4, 0.5) is 17.1 Å². The lowest BCUT2D eigenvalue weighted by atomic mass is 10.0. The van der Waals surface area contributed by atoms with Crippen LogP contribution < -0.4 is 31.5 Å². The summed E-state index contributed by atoms with van der Waals surface area (Å²) < 4.78 is 5.62. The van der Waals surface area contributed by atoms with E-state index < -0.39 is 10.9 Å². The number of nitrogens with zero attached hydrogens (tertiary/aromatic N) is 2. The van der Waals surface area contributed by atoms with Crippen molar-refractivity contribution in [3.8, 4) is 5.75 Å². The number of carbonyl (C=O) groups is 2. The van der Waals surface area contributed by atoms with Gasteiger partial charge in [-0.25, -0.2) is 0 Å². The molecule has 2 heterocycles. The normalized spacial score (nSPS) is 18.4. The molecule has 5 rings (SSSR count). The van der Waals surface area contributed by atoms with Crippen LogP contribution in [-0.4, -0.2) is 67.5 Å². The van der Waals surface area contributed by atoms with Gasteiger partial charge in [0.2, 0.25) is 5.91 Å². The van der Waals surface area contributed by atoms with E-state index >= 15 is 0 Å². The summed E-state index contributed by atoms with van der Waals surface area (Å²) >= 11 is 0. The van der Waals surface area contributed by atoms with Gasteiger partial charge in [-0.05, 0) is 24.1 Å². The molecule has 2 saturated heterocycles. The van der Waals surface area contributed by atoms with Crippen molar-refractivity contribution in [3.63, 3.8) is 0 Å². The van der Waals surface area contributed by atoms with E-state index in [0.717, 1.165) is 12.1 Å². The lowest BCUT2D eigenvalue weighted by Crippen LogP contribution is -2.64. The highest BCUT2D eigenvalue weighted by atomic mass is 16.5. The highest BCUT2D eigenvalue weighted by molar-refractivity contribution is 6.00. The quantitative estimate of drug-likeness (QED) is 0.388. The van der Waals surface area contributed by atoms with Gasteiger partial charge in [0.1, 0.15) is 17.4 Å². The molecular weight excluding hydrogens is 486 g/mol. The number of rotatable bonds is 8. The topological polar surface area (TPSA) is 120 Å². The number of fused-ring (bicyclic) bond motifs is 1. The van der Waals surface area contributed by atoms with Crippen LogP contribution in [0.5, 0.6) is 5.75 Å². The van der Waals surface area contributed by atoms with Crippen molar-refractivity contribution in [1.29, 1.82) is 0 Å². The third-order valence-electron chi connectivity index (χ3n) is 7.33. The minimum absolute atomic E-state index is 0.0721. The molecule has 0 aliphatic carbocycles. The van der Waals surface area contributed by atoms with Crippen molar-refractivity contribution in [2.75, 3.05) is 50.5 Å². The molecule has 0 saturated carbocycles. The van der Waals surface area contributed by atoms with E-state index in [4.69, 9.17) is 4.74 Å². The summed E-state index contributed by atoms with van der Waals surface area (Å²) in [5.41, 5.74) is 0.848. The van der Waals surface area contributed by atoms with Crippen molar-refractivity contribution in [1.82, 2.24) is 15.1 Å². The Morgan fingerprint density at radius 3 is 2.53 bits per heavy atom. The summed E-state index contributed by atoms with van der Waals surface area (Å²) in [5, 5.41) is 9.12. The van der Waals surface area contributed by atoms with Gasteiger partial charge < -0.3 is 25.6 Å². The van der Waals surface area contributed by atoms with Crippen molar-refractivity contribution >= 4 is 28.9 Å². The molecule has 0 spiro atoms. The second-order valence-corrected chi connectivity index (χ2v) is 9.53. The van der Waals surface area contributed by atoms with Crippen LogP contribution in [0.25, 0.3) is 0 Å². The number of methoxy groups -OCH3 is 1. The van der Waals surface area contributed by atoms with Crippen LogP contribution >= 0.6 is 0 Å². The number of anilines is 3. The summed E-state index contributed by atoms with van der Waals surface area (Å²) in [7, 11) is 1.45. The SMILES string of the molecule is CC[C@@H](Nc1c(Nc2cccc(C(=O)N3CCN4CCNC(=O)C4C3)c2OC)c(=O)c1=O)c1ccccc1. The Kier molecular flexibility index (Phi) is 7.15. The van der Waals surface area contributed by atoms with E-state index in [9.17, 15) is 19.2 Å². The standard InChI is InChI=1S/C28H31N5O5/c1-3-19(17-8-5-4-6-9-17)30-22-23(25(35)24(22)34)31-20-11-7-10-18(26(20)38-2)28(37)33-15-14-32-13-12-29-27(36)21(32)16-33/h4-11,19,21,30-31H,3,12-16H2,1-2H3,(H,29,36)/t19-,21?/m1/s1. The predicted molar refractivity (Wildman–Crippen MR) is 145 cm³/mol. The zero-order valence-corrected chi connectivity index (χ0v) is 21.5. The van der Waals surface area contributed by atoms with Gasteiger partial charge in [0.05, 0.1) is 24.4 Å². The Morgan fingerprint density at radius 1 is 1.03 bits per heavy atom. The summed E-state index contributed by atoms with van der Waals surface area (Å²) in [6.45, 7) is 4.77. The van der Waals surface area contributed by atoms with Gasteiger partial charge in [0, 0.05) is 32.7 Å². The Morgan fingerprint density at radius 2 is 1.79 bits per heavy atom. The number of nitrogens with one attached hydrogen (secondary N) is 3. The van der Waals surface area contributed by atoms with Gasteiger partial charge >= 0.3 is 0 Å². The van der Waals surface area contributed by atoms with Gasteiger partial charge in [0.25, 0.3) is 16.8 Å². The summed E-state index contributed by atoms with van der Waals surface area (Å²) in [6.07, 6.45) is 0.710. The number of hydrogen-bond donors (Lipinski definition) is 3. The molecule has 2 atom stereocenters. The molecule has 198 valence electrons. The van der Waals surface area contributed by atoms with Gasteiger partial charge in [-0.1, -0.05) is 43.3 Å². The molecule has 10 heteroatoms. The summed E-state index contributed by atoms with van der Waals surface area (Å²) in [6, 6.07) is 14.2. The zero-order valence-electron chi connectivity index (χ0n) is 21.5. The summed E-state index contributed by atoms with van der Waals surface area (Å²) in [5.74, 6) is -0.0683. The Balaban J connectivity index is 1.38. The van der Waals surface area contributed by atoms with Gasteiger partial charge in [-0.2, -0.15) is 0 Å². The van der Waals surface area contributed by atoms with E-state index in [1.54, 1.807) is 23.1 Å². The van der Waals surface area contributed by atoms with E-state index in [2.05, 4.69) is 20.9 Å². The molecule has 0 bridgehead atoms. The average Bonchev–Trinajstić information content (AvgIpc) is 2.96. The Labute approximate surface area is 220 Å².